The third-order valence-electron chi connectivity index (χ3n) is 5.20. The van der Waals surface area contributed by atoms with Gasteiger partial charge in [-0.2, -0.15) is 5.10 Å². The number of carbonyl (C=O) groups is 1. The molecule has 2 aliphatic rings. The van der Waals surface area contributed by atoms with Crippen molar-refractivity contribution in [3.63, 3.8) is 0 Å². The highest BCUT2D eigenvalue weighted by atomic mass is 16.2. The van der Waals surface area contributed by atoms with Gasteiger partial charge in [-0.15, -0.1) is 0 Å². The van der Waals surface area contributed by atoms with Gasteiger partial charge in [-0.1, -0.05) is 38.0 Å². The van der Waals surface area contributed by atoms with Crippen LogP contribution in [0.4, 0.5) is 5.69 Å². The fraction of sp³-hybridized carbons (Fsp3) is 0.474. The predicted octanol–water partition coefficient (Wildman–Crippen LogP) is 3.76. The maximum Gasteiger partial charge on any atom is 0.276 e. The average Bonchev–Trinajstić information content (AvgIpc) is 3.23. The van der Waals surface area contributed by atoms with Gasteiger partial charge in [-0.05, 0) is 37.8 Å². The molecule has 4 heteroatoms. The first-order valence-electron chi connectivity index (χ1n) is 8.76. The van der Waals surface area contributed by atoms with Crippen molar-refractivity contribution in [3.05, 3.63) is 47.3 Å². The molecular formula is C19H23N3O. The highest BCUT2D eigenvalue weighted by molar-refractivity contribution is 6.07. The molecule has 0 atom stereocenters. The quantitative estimate of drug-likeness (QED) is 0.865. The number of amides is 1. The van der Waals surface area contributed by atoms with Gasteiger partial charge in [-0.25, -0.2) is 0 Å². The molecule has 1 aliphatic heterocycles. The van der Waals surface area contributed by atoms with Gasteiger partial charge in [0.15, 0.2) is 0 Å². The van der Waals surface area contributed by atoms with Crippen molar-refractivity contribution in [2.45, 2.75) is 51.5 Å². The molecule has 1 aromatic heterocycles. The van der Waals surface area contributed by atoms with Crippen molar-refractivity contribution in [3.8, 4) is 0 Å². The standard InChI is InChI=1S/C19H23N3O/c1-2-17-16-12-13-21(14-8-4-3-5-9-14)19(23)18(16)22(20-17)15-10-6-7-11-15/h3-5,8-9,15H,2,6-7,10-13H2,1H3. The molecule has 23 heavy (non-hydrogen) atoms. The molecule has 4 nitrogen and oxygen atoms in total. The SMILES string of the molecule is CCc1nn(C2CCCC2)c2c1CCN(c1ccccc1)C2=O. The molecule has 0 N–H and O–H groups in total. The molecule has 4 rings (SSSR count). The van der Waals surface area contributed by atoms with Crippen molar-refractivity contribution >= 4 is 11.6 Å². The average molecular weight is 309 g/mol. The van der Waals surface area contributed by atoms with E-state index in [4.69, 9.17) is 5.10 Å². The summed E-state index contributed by atoms with van der Waals surface area (Å²) in [5.74, 6) is 0.122. The molecule has 0 saturated heterocycles. The Kier molecular flexibility index (Phi) is 3.68. The summed E-state index contributed by atoms with van der Waals surface area (Å²) in [6.45, 7) is 2.88. The van der Waals surface area contributed by atoms with Crippen molar-refractivity contribution in [1.29, 1.82) is 0 Å². The van der Waals surface area contributed by atoms with Crippen molar-refractivity contribution < 1.29 is 4.79 Å². The first-order valence-corrected chi connectivity index (χ1v) is 8.76. The minimum Gasteiger partial charge on any atom is -0.307 e. The second-order valence-electron chi connectivity index (χ2n) is 6.55. The molecule has 1 aromatic carbocycles. The second kappa shape index (κ2) is 5.84. The van der Waals surface area contributed by atoms with Crippen LogP contribution in [-0.2, 0) is 12.8 Å². The lowest BCUT2D eigenvalue weighted by Gasteiger charge is -2.28. The third kappa shape index (κ3) is 2.37. The topological polar surface area (TPSA) is 38.1 Å². The van der Waals surface area contributed by atoms with Crippen molar-refractivity contribution in [2.75, 3.05) is 11.4 Å². The van der Waals surface area contributed by atoms with E-state index in [2.05, 4.69) is 11.6 Å². The van der Waals surface area contributed by atoms with E-state index >= 15 is 0 Å². The smallest absolute Gasteiger partial charge is 0.276 e. The fourth-order valence-corrected chi connectivity index (χ4v) is 4.01. The minimum absolute atomic E-state index is 0.122. The normalized spacial score (nSPS) is 18.5. The molecule has 0 radical (unpaired) electrons. The Bertz CT molecular complexity index is 714. The number of hydrogen-bond donors (Lipinski definition) is 0. The number of hydrogen-bond acceptors (Lipinski definition) is 2. The van der Waals surface area contributed by atoms with Crippen LogP contribution in [0.1, 0.15) is 60.4 Å². The number of benzene rings is 1. The Hall–Kier alpha value is -2.10. The predicted molar refractivity (Wildman–Crippen MR) is 90.9 cm³/mol. The third-order valence-corrected chi connectivity index (χ3v) is 5.20. The number of anilines is 1. The highest BCUT2D eigenvalue weighted by Crippen LogP contribution is 2.34. The zero-order valence-electron chi connectivity index (χ0n) is 13.7. The Balaban J connectivity index is 1.77. The van der Waals surface area contributed by atoms with Crippen LogP contribution in [0, 0.1) is 0 Å². The number of aromatic nitrogens is 2. The minimum atomic E-state index is 0.122. The number of para-hydroxylation sites is 1. The van der Waals surface area contributed by atoms with Gasteiger partial charge in [0.1, 0.15) is 5.69 Å². The lowest BCUT2D eigenvalue weighted by atomic mass is 10.0. The number of rotatable bonds is 3. The Morgan fingerprint density at radius 1 is 1.17 bits per heavy atom. The van der Waals surface area contributed by atoms with E-state index in [-0.39, 0.29) is 5.91 Å². The molecule has 1 aliphatic carbocycles. The summed E-state index contributed by atoms with van der Waals surface area (Å²) in [5.41, 5.74) is 4.15. The Morgan fingerprint density at radius 3 is 2.61 bits per heavy atom. The molecule has 2 heterocycles. The van der Waals surface area contributed by atoms with E-state index in [0.717, 1.165) is 49.3 Å². The molecule has 1 saturated carbocycles. The molecule has 2 aromatic rings. The van der Waals surface area contributed by atoms with Gasteiger partial charge >= 0.3 is 0 Å². The number of aryl methyl sites for hydroxylation is 1. The van der Waals surface area contributed by atoms with E-state index in [1.807, 2.05) is 35.2 Å². The second-order valence-corrected chi connectivity index (χ2v) is 6.55. The van der Waals surface area contributed by atoms with Gasteiger partial charge in [0, 0.05) is 17.8 Å². The van der Waals surface area contributed by atoms with Gasteiger partial charge in [0.2, 0.25) is 0 Å². The monoisotopic (exact) mass is 309 g/mol. The fourth-order valence-electron chi connectivity index (χ4n) is 4.01. The summed E-state index contributed by atoms with van der Waals surface area (Å²) >= 11 is 0. The largest absolute Gasteiger partial charge is 0.307 e. The maximum absolute atomic E-state index is 13.2. The highest BCUT2D eigenvalue weighted by Gasteiger charge is 2.34. The molecular weight excluding hydrogens is 286 g/mol. The summed E-state index contributed by atoms with van der Waals surface area (Å²) in [6.07, 6.45) is 6.60. The van der Waals surface area contributed by atoms with Crippen LogP contribution < -0.4 is 4.90 Å². The molecule has 120 valence electrons. The van der Waals surface area contributed by atoms with Gasteiger partial charge in [-0.3, -0.25) is 9.48 Å². The lowest BCUT2D eigenvalue weighted by molar-refractivity contribution is 0.0967. The Morgan fingerprint density at radius 2 is 1.91 bits per heavy atom. The summed E-state index contributed by atoms with van der Waals surface area (Å²) in [6, 6.07) is 10.4. The van der Waals surface area contributed by atoms with Crippen molar-refractivity contribution in [2.24, 2.45) is 0 Å². The van der Waals surface area contributed by atoms with E-state index in [1.165, 1.54) is 18.4 Å². The summed E-state index contributed by atoms with van der Waals surface area (Å²) in [4.78, 5) is 15.1. The summed E-state index contributed by atoms with van der Waals surface area (Å²) < 4.78 is 2.07. The molecule has 0 unspecified atom stereocenters. The van der Waals surface area contributed by atoms with Crippen LogP contribution in [0.15, 0.2) is 30.3 Å². The van der Waals surface area contributed by atoms with Gasteiger partial charge in [0.25, 0.3) is 5.91 Å². The molecule has 0 spiro atoms. The van der Waals surface area contributed by atoms with E-state index in [0.29, 0.717) is 6.04 Å². The molecule has 0 bridgehead atoms. The first-order chi connectivity index (χ1) is 11.3. The van der Waals surface area contributed by atoms with Crippen LogP contribution in [0.3, 0.4) is 0 Å². The van der Waals surface area contributed by atoms with E-state index in [9.17, 15) is 4.79 Å². The van der Waals surface area contributed by atoms with Crippen LogP contribution in [0.2, 0.25) is 0 Å². The maximum atomic E-state index is 13.2. The van der Waals surface area contributed by atoms with E-state index in [1.54, 1.807) is 0 Å². The molecule has 1 fully saturated rings. The van der Waals surface area contributed by atoms with Crippen molar-refractivity contribution in [1.82, 2.24) is 9.78 Å². The Labute approximate surface area is 137 Å². The van der Waals surface area contributed by atoms with Crippen LogP contribution >= 0.6 is 0 Å². The zero-order valence-corrected chi connectivity index (χ0v) is 13.7. The summed E-state index contributed by atoms with van der Waals surface area (Å²) in [5, 5.41) is 4.84. The first kappa shape index (κ1) is 14.5. The molecule has 1 amide bonds. The van der Waals surface area contributed by atoms with Gasteiger partial charge < -0.3 is 4.90 Å². The van der Waals surface area contributed by atoms with E-state index < -0.39 is 0 Å². The van der Waals surface area contributed by atoms with Crippen LogP contribution in [0.5, 0.6) is 0 Å². The zero-order chi connectivity index (χ0) is 15.8. The summed E-state index contributed by atoms with van der Waals surface area (Å²) in [7, 11) is 0. The lowest BCUT2D eigenvalue weighted by Crippen LogP contribution is -2.39. The van der Waals surface area contributed by atoms with Gasteiger partial charge in [0.05, 0.1) is 11.7 Å². The van der Waals surface area contributed by atoms with Crippen LogP contribution in [0.25, 0.3) is 0 Å². The number of fused-ring (bicyclic) bond motifs is 1. The number of nitrogens with zero attached hydrogens (tertiary/aromatic N) is 3. The van der Waals surface area contributed by atoms with Crippen LogP contribution in [-0.4, -0.2) is 22.2 Å². The number of carbonyl (C=O) groups excluding carboxylic acids is 1.